The molecule has 1 N–H and O–H groups in total. The zero-order valence-electron chi connectivity index (χ0n) is 18.9. The molecule has 0 fully saturated rings. The second-order valence-corrected chi connectivity index (χ2v) is 9.83. The summed E-state index contributed by atoms with van der Waals surface area (Å²) in [6, 6.07) is 22.2. The quantitative estimate of drug-likeness (QED) is 0.324. The van der Waals surface area contributed by atoms with Crippen molar-refractivity contribution in [2.75, 3.05) is 18.0 Å². The van der Waals surface area contributed by atoms with Crippen molar-refractivity contribution in [3.05, 3.63) is 89.4 Å². The van der Waals surface area contributed by atoms with Gasteiger partial charge in [-0.2, -0.15) is 5.10 Å². The second-order valence-electron chi connectivity index (χ2n) is 7.53. The van der Waals surface area contributed by atoms with E-state index < -0.39 is 22.5 Å². The first-order valence-corrected chi connectivity index (χ1v) is 12.4. The number of rotatable bonds is 10. The van der Waals surface area contributed by atoms with Crippen molar-refractivity contribution >= 4 is 38.9 Å². The van der Waals surface area contributed by atoms with Gasteiger partial charge in [0.15, 0.2) is 0 Å². The fraction of sp³-hybridized carbons (Fsp3) is 0.200. The summed E-state index contributed by atoms with van der Waals surface area (Å²) in [6.45, 7) is 1.34. The van der Waals surface area contributed by atoms with E-state index in [4.69, 9.17) is 16.3 Å². The number of hydrogen-bond acceptors (Lipinski definition) is 5. The monoisotopic (exact) mass is 499 g/mol. The number of anilines is 1. The van der Waals surface area contributed by atoms with E-state index in [1.165, 1.54) is 30.9 Å². The first-order valence-electron chi connectivity index (χ1n) is 10.6. The third kappa shape index (κ3) is 6.82. The standard InChI is InChI=1S/C25H26ClN3O4S/c1-19(11-12-20-7-4-3-5-8-20)27-28-25(30)18-29(22-10-6-9-21(26)17-22)34(31,32)24-15-13-23(33-2)14-16-24/h3-10,13-17H,11-12,18H2,1-2H3,(H,28,30)/b27-19-. The predicted octanol–water partition coefficient (Wildman–Crippen LogP) is 4.67. The van der Waals surface area contributed by atoms with Crippen LogP contribution in [-0.2, 0) is 21.2 Å². The Hall–Kier alpha value is -3.36. The summed E-state index contributed by atoms with van der Waals surface area (Å²) in [4.78, 5) is 12.7. The van der Waals surface area contributed by atoms with E-state index in [0.29, 0.717) is 17.2 Å². The van der Waals surface area contributed by atoms with E-state index in [-0.39, 0.29) is 10.6 Å². The van der Waals surface area contributed by atoms with Gasteiger partial charge >= 0.3 is 0 Å². The number of hydrogen-bond donors (Lipinski definition) is 1. The van der Waals surface area contributed by atoms with Gasteiger partial charge in [0, 0.05) is 10.7 Å². The summed E-state index contributed by atoms with van der Waals surface area (Å²) in [5.74, 6) is -0.0533. The number of methoxy groups -OCH3 is 1. The number of benzene rings is 3. The third-order valence-corrected chi connectivity index (χ3v) is 7.04. The lowest BCUT2D eigenvalue weighted by molar-refractivity contribution is -0.119. The SMILES string of the molecule is COc1ccc(S(=O)(=O)N(CC(=O)N/N=C(/C)CCc2ccccc2)c2cccc(Cl)c2)cc1. The number of amides is 1. The summed E-state index contributed by atoms with van der Waals surface area (Å²) < 4.78 is 32.9. The van der Waals surface area contributed by atoms with Crippen LogP contribution in [0.3, 0.4) is 0 Å². The molecule has 3 rings (SSSR count). The number of nitrogens with zero attached hydrogens (tertiary/aromatic N) is 2. The third-order valence-electron chi connectivity index (χ3n) is 5.02. The summed E-state index contributed by atoms with van der Waals surface area (Å²) in [6.07, 6.45) is 1.44. The van der Waals surface area contributed by atoms with E-state index in [0.717, 1.165) is 16.4 Å². The lowest BCUT2D eigenvalue weighted by atomic mass is 10.1. The minimum Gasteiger partial charge on any atom is -0.497 e. The molecular formula is C25H26ClN3O4S. The van der Waals surface area contributed by atoms with E-state index in [9.17, 15) is 13.2 Å². The zero-order chi connectivity index (χ0) is 24.6. The molecule has 9 heteroatoms. The van der Waals surface area contributed by atoms with E-state index >= 15 is 0 Å². The van der Waals surface area contributed by atoms with E-state index in [1.54, 1.807) is 30.3 Å². The molecule has 1 amide bonds. The van der Waals surface area contributed by atoms with Crippen molar-refractivity contribution in [3.63, 3.8) is 0 Å². The molecule has 0 unspecified atom stereocenters. The van der Waals surface area contributed by atoms with Crippen molar-refractivity contribution < 1.29 is 17.9 Å². The van der Waals surface area contributed by atoms with Crippen LogP contribution in [0.25, 0.3) is 0 Å². The smallest absolute Gasteiger partial charge is 0.264 e. The van der Waals surface area contributed by atoms with Gasteiger partial charge in [-0.25, -0.2) is 13.8 Å². The normalized spacial score (nSPS) is 11.7. The van der Waals surface area contributed by atoms with Crippen molar-refractivity contribution in [2.24, 2.45) is 5.10 Å². The minimum atomic E-state index is -4.07. The Morgan fingerprint density at radius 1 is 1.03 bits per heavy atom. The first kappa shape index (κ1) is 25.3. The summed E-state index contributed by atoms with van der Waals surface area (Å²) in [5, 5.41) is 4.48. The van der Waals surface area contributed by atoms with Crippen LogP contribution in [0.5, 0.6) is 5.75 Å². The second kappa shape index (κ2) is 11.7. The van der Waals surface area contributed by atoms with Gasteiger partial charge in [-0.15, -0.1) is 0 Å². The Morgan fingerprint density at radius 3 is 2.38 bits per heavy atom. The number of sulfonamides is 1. The molecule has 0 bridgehead atoms. The van der Waals surface area contributed by atoms with Gasteiger partial charge in [0.25, 0.3) is 15.9 Å². The molecule has 0 saturated heterocycles. The molecular weight excluding hydrogens is 474 g/mol. The number of aryl methyl sites for hydroxylation is 1. The maximum atomic E-state index is 13.4. The number of hydrazone groups is 1. The van der Waals surface area contributed by atoms with Crippen LogP contribution in [0.1, 0.15) is 18.9 Å². The number of carbonyl (C=O) groups excluding carboxylic acids is 1. The number of ether oxygens (including phenoxy) is 1. The molecule has 0 aliphatic heterocycles. The molecule has 178 valence electrons. The minimum absolute atomic E-state index is 0.0172. The number of carbonyl (C=O) groups is 1. The molecule has 0 spiro atoms. The molecule has 0 radical (unpaired) electrons. The van der Waals surface area contributed by atoms with Crippen LogP contribution in [0.2, 0.25) is 5.02 Å². The van der Waals surface area contributed by atoms with Crippen LogP contribution >= 0.6 is 11.6 Å². The van der Waals surface area contributed by atoms with Crippen LogP contribution in [0, 0.1) is 0 Å². The van der Waals surface area contributed by atoms with Crippen molar-refractivity contribution in [1.82, 2.24) is 5.43 Å². The number of nitrogens with one attached hydrogen (secondary N) is 1. The molecule has 3 aromatic rings. The largest absolute Gasteiger partial charge is 0.497 e. The van der Waals surface area contributed by atoms with Crippen molar-refractivity contribution in [2.45, 2.75) is 24.7 Å². The molecule has 0 saturated carbocycles. The molecule has 0 aliphatic carbocycles. The average Bonchev–Trinajstić information content (AvgIpc) is 2.85. The lowest BCUT2D eigenvalue weighted by Gasteiger charge is -2.24. The van der Waals surface area contributed by atoms with Gasteiger partial charge in [-0.3, -0.25) is 9.10 Å². The fourth-order valence-corrected chi connectivity index (χ4v) is 4.77. The van der Waals surface area contributed by atoms with Gasteiger partial charge < -0.3 is 4.74 Å². The van der Waals surface area contributed by atoms with Crippen LogP contribution in [-0.4, -0.2) is 33.7 Å². The van der Waals surface area contributed by atoms with Crippen molar-refractivity contribution in [3.8, 4) is 5.75 Å². The molecule has 0 aromatic heterocycles. The fourth-order valence-electron chi connectivity index (χ4n) is 3.17. The zero-order valence-corrected chi connectivity index (χ0v) is 20.5. The Balaban J connectivity index is 1.76. The predicted molar refractivity (Wildman–Crippen MR) is 135 cm³/mol. The van der Waals surface area contributed by atoms with Gasteiger partial charge in [0.1, 0.15) is 12.3 Å². The molecule has 3 aromatic carbocycles. The summed E-state index contributed by atoms with van der Waals surface area (Å²) in [5.41, 5.74) is 4.63. The van der Waals surface area contributed by atoms with Crippen LogP contribution in [0.15, 0.2) is 88.9 Å². The Bertz CT molecular complexity index is 1250. The van der Waals surface area contributed by atoms with Crippen LogP contribution < -0.4 is 14.5 Å². The van der Waals surface area contributed by atoms with Gasteiger partial charge in [-0.05, 0) is 67.8 Å². The molecule has 34 heavy (non-hydrogen) atoms. The van der Waals surface area contributed by atoms with Gasteiger partial charge in [-0.1, -0.05) is 48.0 Å². The van der Waals surface area contributed by atoms with Crippen molar-refractivity contribution in [1.29, 1.82) is 0 Å². The van der Waals surface area contributed by atoms with E-state index in [2.05, 4.69) is 10.5 Å². The topological polar surface area (TPSA) is 88.1 Å². The highest BCUT2D eigenvalue weighted by Crippen LogP contribution is 2.27. The Kier molecular flexibility index (Phi) is 8.67. The molecule has 0 heterocycles. The molecule has 0 aliphatic rings. The van der Waals surface area contributed by atoms with Gasteiger partial charge in [0.2, 0.25) is 0 Å². The summed E-state index contributed by atoms with van der Waals surface area (Å²) in [7, 11) is -2.57. The highest BCUT2D eigenvalue weighted by molar-refractivity contribution is 7.92. The maximum absolute atomic E-state index is 13.4. The lowest BCUT2D eigenvalue weighted by Crippen LogP contribution is -2.39. The molecule has 0 atom stereocenters. The maximum Gasteiger partial charge on any atom is 0.264 e. The van der Waals surface area contributed by atoms with Crippen LogP contribution in [0.4, 0.5) is 5.69 Å². The Labute approximate surface area is 205 Å². The Morgan fingerprint density at radius 2 is 1.74 bits per heavy atom. The number of halogens is 1. The highest BCUT2D eigenvalue weighted by Gasteiger charge is 2.27. The summed E-state index contributed by atoms with van der Waals surface area (Å²) >= 11 is 6.09. The van der Waals surface area contributed by atoms with E-state index in [1.807, 2.05) is 37.3 Å². The first-order chi connectivity index (χ1) is 16.3. The highest BCUT2D eigenvalue weighted by atomic mass is 35.5. The van der Waals surface area contributed by atoms with Gasteiger partial charge in [0.05, 0.1) is 17.7 Å². The average molecular weight is 500 g/mol. The molecule has 7 nitrogen and oxygen atoms in total.